The summed E-state index contributed by atoms with van der Waals surface area (Å²) in [5.74, 6) is 0.0626. The third-order valence-corrected chi connectivity index (χ3v) is 7.44. The number of hydrogen-bond donors (Lipinski definition) is 2. The first-order chi connectivity index (χ1) is 18.6. The molecule has 0 atom stereocenters. The van der Waals surface area contributed by atoms with Crippen molar-refractivity contribution >= 4 is 17.7 Å². The Bertz CT molecular complexity index is 1320. The van der Waals surface area contributed by atoms with Gasteiger partial charge in [0.25, 0.3) is 0 Å². The smallest absolute Gasteiger partial charge is 0.416 e. The Morgan fingerprint density at radius 2 is 1.87 bits per heavy atom. The number of anilines is 2. The van der Waals surface area contributed by atoms with Gasteiger partial charge in [0.2, 0.25) is 5.82 Å². The summed E-state index contributed by atoms with van der Waals surface area (Å²) >= 11 is 0. The van der Waals surface area contributed by atoms with Gasteiger partial charge in [-0.1, -0.05) is 12.1 Å². The van der Waals surface area contributed by atoms with Crippen molar-refractivity contribution in [3.05, 3.63) is 59.7 Å². The molecule has 2 fully saturated rings. The monoisotopic (exact) mass is 548 g/mol. The topological polar surface area (TPSA) is 112 Å². The van der Waals surface area contributed by atoms with Gasteiger partial charge in [0.05, 0.1) is 11.0 Å². The molecular formula is C25H28F4N8O2. The molecule has 10 nitrogen and oxygen atoms in total. The van der Waals surface area contributed by atoms with E-state index in [0.29, 0.717) is 37.3 Å². The predicted molar refractivity (Wildman–Crippen MR) is 133 cm³/mol. The number of aromatic nitrogens is 5. The minimum absolute atomic E-state index is 0.0136. The molecule has 2 aliphatic rings. The van der Waals surface area contributed by atoms with E-state index in [2.05, 4.69) is 25.5 Å². The normalized spacial score (nSPS) is 17.2. The van der Waals surface area contributed by atoms with Gasteiger partial charge in [0, 0.05) is 39.3 Å². The molecule has 5 rings (SSSR count). The minimum atomic E-state index is -4.43. The van der Waals surface area contributed by atoms with Gasteiger partial charge in [0.1, 0.15) is 18.5 Å². The maximum atomic E-state index is 15.8. The Morgan fingerprint density at radius 3 is 2.44 bits per heavy atom. The van der Waals surface area contributed by atoms with E-state index in [-0.39, 0.29) is 30.8 Å². The fraction of sp³-hybridized carbons (Fsp3) is 0.480. The molecule has 0 unspecified atom stereocenters. The third kappa shape index (κ3) is 5.59. The van der Waals surface area contributed by atoms with Crippen molar-refractivity contribution in [3.8, 4) is 0 Å². The number of nitrogens with one attached hydrogen (secondary N) is 1. The van der Waals surface area contributed by atoms with Crippen LogP contribution in [0.5, 0.6) is 0 Å². The molecule has 1 aliphatic heterocycles. The second-order valence-electron chi connectivity index (χ2n) is 10.1. The van der Waals surface area contributed by atoms with Gasteiger partial charge in [-0.2, -0.15) is 17.6 Å². The maximum absolute atomic E-state index is 15.8. The van der Waals surface area contributed by atoms with Crippen LogP contribution in [0.2, 0.25) is 0 Å². The summed E-state index contributed by atoms with van der Waals surface area (Å²) in [6, 6.07) is 4.85. The highest BCUT2D eigenvalue weighted by Gasteiger charge is 2.41. The molecule has 1 saturated carbocycles. The molecule has 0 spiro atoms. The van der Waals surface area contributed by atoms with Crippen LogP contribution in [0.4, 0.5) is 34.0 Å². The van der Waals surface area contributed by atoms with Gasteiger partial charge in [-0.05, 0) is 43.4 Å². The van der Waals surface area contributed by atoms with Crippen LogP contribution in [0.15, 0.2) is 36.9 Å². The van der Waals surface area contributed by atoms with Crippen molar-refractivity contribution in [2.24, 2.45) is 7.05 Å². The van der Waals surface area contributed by atoms with Gasteiger partial charge in [-0.25, -0.2) is 14.8 Å². The summed E-state index contributed by atoms with van der Waals surface area (Å²) in [6.45, 7) is 1.03. The Labute approximate surface area is 221 Å². The van der Waals surface area contributed by atoms with E-state index in [1.54, 1.807) is 22.8 Å². The number of halogens is 4. The SMILES string of the molecule is Cn1cnnc1C1(CNc2ncnc(N(Cc3ccc(C(F)(F)F)cc3)C3CC3)c2F)CCN(C(=O)O)CC1. The highest BCUT2D eigenvalue weighted by Crippen LogP contribution is 2.37. The molecule has 0 bridgehead atoms. The zero-order chi connectivity index (χ0) is 27.8. The number of hydrogen-bond acceptors (Lipinski definition) is 7. The number of benzene rings is 1. The Morgan fingerprint density at radius 1 is 1.18 bits per heavy atom. The number of carbonyl (C=O) groups is 1. The van der Waals surface area contributed by atoms with Gasteiger partial charge in [-0.3, -0.25) is 0 Å². The standard InChI is InChI=1S/C25H28F4N8O2/c1-35-15-33-34-22(35)24(8-10-36(11-9-24)23(38)39)13-30-20-19(26)21(32-14-31-20)37(18-6-7-18)12-16-2-4-17(5-3-16)25(27,28)29/h2-5,14-15,18H,6-13H2,1H3,(H,38,39)(H,30,31,32). The average Bonchev–Trinajstić information content (AvgIpc) is 3.66. The lowest BCUT2D eigenvalue weighted by atomic mass is 9.77. The van der Waals surface area contributed by atoms with E-state index in [1.807, 2.05) is 0 Å². The fourth-order valence-corrected chi connectivity index (χ4v) is 5.06. The van der Waals surface area contributed by atoms with Crippen LogP contribution in [0, 0.1) is 5.82 Å². The predicted octanol–water partition coefficient (Wildman–Crippen LogP) is 4.06. The van der Waals surface area contributed by atoms with Crippen molar-refractivity contribution in [1.29, 1.82) is 0 Å². The molecule has 2 N–H and O–H groups in total. The van der Waals surface area contributed by atoms with Crippen LogP contribution in [0.3, 0.4) is 0 Å². The van der Waals surface area contributed by atoms with E-state index in [4.69, 9.17) is 0 Å². The van der Waals surface area contributed by atoms with Gasteiger partial charge in [0.15, 0.2) is 11.6 Å². The molecule has 3 heterocycles. The van der Waals surface area contributed by atoms with Crippen molar-refractivity contribution in [2.75, 3.05) is 29.9 Å². The molecule has 39 heavy (non-hydrogen) atoms. The van der Waals surface area contributed by atoms with Crippen LogP contribution < -0.4 is 10.2 Å². The zero-order valence-electron chi connectivity index (χ0n) is 21.2. The first kappa shape index (κ1) is 26.6. The lowest BCUT2D eigenvalue weighted by molar-refractivity contribution is -0.137. The number of alkyl halides is 3. The van der Waals surface area contributed by atoms with Crippen molar-refractivity contribution in [3.63, 3.8) is 0 Å². The van der Waals surface area contributed by atoms with Crippen LogP contribution in [-0.2, 0) is 25.2 Å². The Hall–Kier alpha value is -3.97. The number of aryl methyl sites for hydroxylation is 1. The molecule has 2 aromatic heterocycles. The van der Waals surface area contributed by atoms with E-state index in [1.165, 1.54) is 23.4 Å². The lowest BCUT2D eigenvalue weighted by Crippen LogP contribution is -2.49. The molecule has 3 aromatic rings. The summed E-state index contributed by atoms with van der Waals surface area (Å²) in [5, 5.41) is 20.7. The minimum Gasteiger partial charge on any atom is -0.465 e. The number of carboxylic acid groups (broad SMARTS) is 1. The summed E-state index contributed by atoms with van der Waals surface area (Å²) in [5.41, 5.74) is -0.741. The van der Waals surface area contributed by atoms with Crippen molar-refractivity contribution < 1.29 is 27.5 Å². The summed E-state index contributed by atoms with van der Waals surface area (Å²) in [6.07, 6.45) is -0.0374. The van der Waals surface area contributed by atoms with E-state index in [9.17, 15) is 23.1 Å². The molecule has 1 aromatic carbocycles. The van der Waals surface area contributed by atoms with Gasteiger partial charge < -0.3 is 24.8 Å². The second-order valence-corrected chi connectivity index (χ2v) is 10.1. The summed E-state index contributed by atoms with van der Waals surface area (Å²) in [4.78, 5) is 22.8. The molecular weight excluding hydrogens is 520 g/mol. The van der Waals surface area contributed by atoms with Gasteiger partial charge in [-0.15, -0.1) is 10.2 Å². The number of rotatable bonds is 8. The van der Waals surface area contributed by atoms with Crippen molar-refractivity contribution in [2.45, 2.75) is 49.9 Å². The molecule has 0 radical (unpaired) electrons. The lowest BCUT2D eigenvalue weighted by Gasteiger charge is -2.40. The van der Waals surface area contributed by atoms with E-state index >= 15 is 4.39 Å². The first-order valence-electron chi connectivity index (χ1n) is 12.6. The molecule has 208 valence electrons. The van der Waals surface area contributed by atoms with Crippen LogP contribution in [0.25, 0.3) is 0 Å². The van der Waals surface area contributed by atoms with Crippen LogP contribution in [0.1, 0.15) is 42.6 Å². The molecule has 1 aliphatic carbocycles. The maximum Gasteiger partial charge on any atom is 0.416 e. The van der Waals surface area contributed by atoms with E-state index in [0.717, 1.165) is 25.0 Å². The average molecular weight is 549 g/mol. The first-order valence-corrected chi connectivity index (χ1v) is 12.6. The van der Waals surface area contributed by atoms with Crippen molar-refractivity contribution in [1.82, 2.24) is 29.6 Å². The quantitative estimate of drug-likeness (QED) is 0.406. The number of likely N-dealkylation sites (tertiary alicyclic amines) is 1. The number of amides is 1. The second kappa shape index (κ2) is 10.3. The highest BCUT2D eigenvalue weighted by atomic mass is 19.4. The summed E-state index contributed by atoms with van der Waals surface area (Å²) in [7, 11) is 1.80. The molecule has 1 saturated heterocycles. The fourth-order valence-electron chi connectivity index (χ4n) is 5.06. The summed E-state index contributed by atoms with van der Waals surface area (Å²) < 4.78 is 56.5. The third-order valence-electron chi connectivity index (χ3n) is 7.44. The van der Waals surface area contributed by atoms with E-state index < -0.39 is 29.1 Å². The number of nitrogens with zero attached hydrogens (tertiary/aromatic N) is 7. The number of piperidine rings is 1. The zero-order valence-corrected chi connectivity index (χ0v) is 21.2. The molecule has 1 amide bonds. The van der Waals surface area contributed by atoms with Gasteiger partial charge >= 0.3 is 12.3 Å². The molecule has 14 heteroatoms. The largest absolute Gasteiger partial charge is 0.465 e. The van der Waals surface area contributed by atoms with Crippen LogP contribution in [-0.4, -0.2) is 66.5 Å². The highest BCUT2D eigenvalue weighted by molar-refractivity contribution is 5.65. The van der Waals surface area contributed by atoms with Crippen LogP contribution >= 0.6 is 0 Å². The Kier molecular flexibility index (Phi) is 7.03. The Balaban J connectivity index is 1.36.